The van der Waals surface area contributed by atoms with E-state index < -0.39 is 0 Å². The molecule has 0 saturated heterocycles. The van der Waals surface area contributed by atoms with Gasteiger partial charge in [-0.15, -0.1) is 0 Å². The maximum Gasteiger partial charge on any atom is 0.239 e. The van der Waals surface area contributed by atoms with E-state index in [1.807, 2.05) is 38.1 Å². The Morgan fingerprint density at radius 1 is 1.24 bits per heavy atom. The Morgan fingerprint density at radius 3 is 2.33 bits per heavy atom. The minimum atomic E-state index is -0.132. The Kier molecular flexibility index (Phi) is 6.72. The molecule has 0 spiro atoms. The molecule has 1 aromatic rings. The van der Waals surface area contributed by atoms with Crippen molar-refractivity contribution in [2.24, 2.45) is 0 Å². The minimum absolute atomic E-state index is 0.0230. The first-order valence-electron chi connectivity index (χ1n) is 7.11. The third-order valence-electron chi connectivity index (χ3n) is 3.24. The standard InChI is InChI=1S/C16H24N2O3/c1-12(2)18(13(3)19)11-16(20)17-10-9-14-5-7-15(21-4)8-6-14/h5-8,12H,9-11H2,1-4H3,(H,17,20). The monoisotopic (exact) mass is 292 g/mol. The van der Waals surface area contributed by atoms with Gasteiger partial charge >= 0.3 is 0 Å². The van der Waals surface area contributed by atoms with Crippen molar-refractivity contribution in [2.75, 3.05) is 20.2 Å². The second-order valence-electron chi connectivity index (χ2n) is 5.19. The summed E-state index contributed by atoms with van der Waals surface area (Å²) in [6.45, 7) is 5.92. The average molecular weight is 292 g/mol. The molecule has 2 amide bonds. The first kappa shape index (κ1) is 17.0. The van der Waals surface area contributed by atoms with Gasteiger partial charge in [-0.1, -0.05) is 12.1 Å². The Hall–Kier alpha value is -2.04. The van der Waals surface area contributed by atoms with Gasteiger partial charge in [-0.2, -0.15) is 0 Å². The Bertz CT molecular complexity index is 469. The number of hydrogen-bond donors (Lipinski definition) is 1. The summed E-state index contributed by atoms with van der Waals surface area (Å²) in [5.74, 6) is 0.597. The van der Waals surface area contributed by atoms with Gasteiger partial charge in [-0.3, -0.25) is 9.59 Å². The van der Waals surface area contributed by atoms with Crippen LogP contribution in [0.4, 0.5) is 0 Å². The Morgan fingerprint density at radius 2 is 1.86 bits per heavy atom. The number of nitrogens with one attached hydrogen (secondary N) is 1. The fourth-order valence-corrected chi connectivity index (χ4v) is 2.01. The van der Waals surface area contributed by atoms with Crippen LogP contribution in [0.25, 0.3) is 0 Å². The number of amides is 2. The Balaban J connectivity index is 2.37. The number of methoxy groups -OCH3 is 1. The molecule has 5 nitrogen and oxygen atoms in total. The van der Waals surface area contributed by atoms with Crippen molar-refractivity contribution in [3.63, 3.8) is 0 Å². The van der Waals surface area contributed by atoms with Crippen LogP contribution in [-0.4, -0.2) is 43.0 Å². The zero-order chi connectivity index (χ0) is 15.8. The molecule has 5 heteroatoms. The van der Waals surface area contributed by atoms with Crippen molar-refractivity contribution in [1.82, 2.24) is 10.2 Å². The fourth-order valence-electron chi connectivity index (χ4n) is 2.01. The predicted octanol–water partition coefficient (Wildman–Crippen LogP) is 1.61. The minimum Gasteiger partial charge on any atom is -0.497 e. The second kappa shape index (κ2) is 8.29. The normalized spacial score (nSPS) is 10.3. The van der Waals surface area contributed by atoms with Gasteiger partial charge in [-0.25, -0.2) is 0 Å². The highest BCUT2D eigenvalue weighted by Gasteiger charge is 2.16. The van der Waals surface area contributed by atoms with Crippen LogP contribution in [0.5, 0.6) is 5.75 Å². The summed E-state index contributed by atoms with van der Waals surface area (Å²) >= 11 is 0. The molecule has 0 aromatic heterocycles. The molecule has 1 aromatic carbocycles. The quantitative estimate of drug-likeness (QED) is 0.830. The van der Waals surface area contributed by atoms with E-state index in [0.717, 1.165) is 17.7 Å². The van der Waals surface area contributed by atoms with E-state index in [-0.39, 0.29) is 24.4 Å². The molecule has 21 heavy (non-hydrogen) atoms. The van der Waals surface area contributed by atoms with Gasteiger partial charge < -0.3 is 15.0 Å². The van der Waals surface area contributed by atoms with Crippen LogP contribution in [-0.2, 0) is 16.0 Å². The molecule has 1 N–H and O–H groups in total. The van der Waals surface area contributed by atoms with E-state index in [1.54, 1.807) is 12.0 Å². The number of nitrogens with zero attached hydrogens (tertiary/aromatic N) is 1. The third kappa shape index (κ3) is 5.85. The summed E-state index contributed by atoms with van der Waals surface area (Å²) in [7, 11) is 1.63. The van der Waals surface area contributed by atoms with E-state index in [9.17, 15) is 9.59 Å². The lowest BCUT2D eigenvalue weighted by Crippen LogP contribution is -2.43. The van der Waals surface area contributed by atoms with Crippen LogP contribution in [0.3, 0.4) is 0 Å². The van der Waals surface area contributed by atoms with Crippen molar-refractivity contribution in [2.45, 2.75) is 33.2 Å². The van der Waals surface area contributed by atoms with Gasteiger partial charge in [0.2, 0.25) is 11.8 Å². The molecule has 0 bridgehead atoms. The van der Waals surface area contributed by atoms with Crippen molar-refractivity contribution < 1.29 is 14.3 Å². The Labute approximate surface area is 126 Å². The highest BCUT2D eigenvalue weighted by atomic mass is 16.5. The maximum absolute atomic E-state index is 11.8. The molecule has 0 atom stereocenters. The van der Waals surface area contributed by atoms with E-state index in [2.05, 4.69) is 5.32 Å². The third-order valence-corrected chi connectivity index (χ3v) is 3.24. The van der Waals surface area contributed by atoms with Crippen LogP contribution < -0.4 is 10.1 Å². The molecule has 0 radical (unpaired) electrons. The molecule has 0 aliphatic heterocycles. The fraction of sp³-hybridized carbons (Fsp3) is 0.500. The van der Waals surface area contributed by atoms with Crippen molar-refractivity contribution in [3.05, 3.63) is 29.8 Å². The molecule has 0 fully saturated rings. The van der Waals surface area contributed by atoms with Gasteiger partial charge in [-0.05, 0) is 38.0 Å². The van der Waals surface area contributed by atoms with Crippen molar-refractivity contribution >= 4 is 11.8 Å². The number of carbonyl (C=O) groups is 2. The van der Waals surface area contributed by atoms with Crippen LogP contribution in [0.2, 0.25) is 0 Å². The molecular formula is C16H24N2O3. The van der Waals surface area contributed by atoms with E-state index in [1.165, 1.54) is 6.92 Å². The molecular weight excluding hydrogens is 268 g/mol. The lowest BCUT2D eigenvalue weighted by Gasteiger charge is -2.24. The number of hydrogen-bond acceptors (Lipinski definition) is 3. The van der Waals surface area contributed by atoms with Gasteiger partial charge in [0.15, 0.2) is 0 Å². The van der Waals surface area contributed by atoms with Crippen LogP contribution in [0, 0.1) is 0 Å². The van der Waals surface area contributed by atoms with Crippen molar-refractivity contribution in [3.8, 4) is 5.75 Å². The number of benzene rings is 1. The van der Waals surface area contributed by atoms with Gasteiger partial charge in [0.05, 0.1) is 13.7 Å². The predicted molar refractivity (Wildman–Crippen MR) is 82.2 cm³/mol. The smallest absolute Gasteiger partial charge is 0.239 e. The van der Waals surface area contributed by atoms with Gasteiger partial charge in [0.25, 0.3) is 0 Å². The largest absolute Gasteiger partial charge is 0.497 e. The maximum atomic E-state index is 11.8. The molecule has 1 rings (SSSR count). The summed E-state index contributed by atoms with van der Waals surface area (Å²) in [6, 6.07) is 7.76. The summed E-state index contributed by atoms with van der Waals surface area (Å²) in [5.41, 5.74) is 1.13. The SMILES string of the molecule is COc1ccc(CCNC(=O)CN(C(C)=O)C(C)C)cc1. The summed E-state index contributed by atoms with van der Waals surface area (Å²) in [6.07, 6.45) is 0.748. The highest BCUT2D eigenvalue weighted by Crippen LogP contribution is 2.11. The lowest BCUT2D eigenvalue weighted by molar-refractivity contribution is -0.135. The molecule has 0 aliphatic carbocycles. The highest BCUT2D eigenvalue weighted by molar-refractivity contribution is 5.83. The van der Waals surface area contributed by atoms with Crippen LogP contribution in [0.15, 0.2) is 24.3 Å². The summed E-state index contributed by atoms with van der Waals surface area (Å²) in [4.78, 5) is 24.8. The van der Waals surface area contributed by atoms with E-state index >= 15 is 0 Å². The van der Waals surface area contributed by atoms with Gasteiger partial charge in [0, 0.05) is 19.5 Å². The van der Waals surface area contributed by atoms with E-state index in [0.29, 0.717) is 6.54 Å². The summed E-state index contributed by atoms with van der Waals surface area (Å²) in [5, 5.41) is 2.84. The zero-order valence-electron chi connectivity index (χ0n) is 13.2. The van der Waals surface area contributed by atoms with Gasteiger partial charge in [0.1, 0.15) is 5.75 Å². The van der Waals surface area contributed by atoms with Crippen LogP contribution in [0.1, 0.15) is 26.3 Å². The number of carbonyl (C=O) groups excluding carboxylic acids is 2. The topological polar surface area (TPSA) is 58.6 Å². The summed E-state index contributed by atoms with van der Waals surface area (Å²) < 4.78 is 5.09. The first-order valence-corrected chi connectivity index (χ1v) is 7.11. The molecule has 0 unspecified atom stereocenters. The molecule has 0 aliphatic rings. The average Bonchev–Trinajstić information content (AvgIpc) is 2.45. The first-order chi connectivity index (χ1) is 9.93. The van der Waals surface area contributed by atoms with Crippen LogP contribution >= 0.6 is 0 Å². The second-order valence-corrected chi connectivity index (χ2v) is 5.19. The molecule has 0 heterocycles. The molecule has 116 valence electrons. The zero-order valence-corrected chi connectivity index (χ0v) is 13.2. The number of ether oxygens (including phenoxy) is 1. The number of rotatable bonds is 7. The van der Waals surface area contributed by atoms with E-state index in [4.69, 9.17) is 4.74 Å². The lowest BCUT2D eigenvalue weighted by atomic mass is 10.1. The van der Waals surface area contributed by atoms with Crippen molar-refractivity contribution in [1.29, 1.82) is 0 Å². The molecule has 0 saturated carbocycles.